The molecule has 13 heteroatoms. The van der Waals surface area contributed by atoms with Crippen LogP contribution in [-0.2, 0) is 4.79 Å². The highest BCUT2D eigenvalue weighted by Crippen LogP contribution is 2.34. The molecule has 0 aliphatic carbocycles. The maximum Gasteiger partial charge on any atom is 0.349 e. The number of carbonyl (C=O) groups is 1. The lowest BCUT2D eigenvalue weighted by Gasteiger charge is -2.11. The van der Waals surface area contributed by atoms with Crippen LogP contribution in [0.2, 0.25) is 0 Å². The number of rotatable bonds is 7. The first-order chi connectivity index (χ1) is 17.2. The molecule has 0 atom stereocenters. The van der Waals surface area contributed by atoms with E-state index in [9.17, 15) is 28.9 Å². The van der Waals surface area contributed by atoms with Crippen molar-refractivity contribution in [2.75, 3.05) is 11.9 Å². The van der Waals surface area contributed by atoms with Gasteiger partial charge in [0.25, 0.3) is 11.5 Å². The van der Waals surface area contributed by atoms with Crippen LogP contribution in [0.5, 0.6) is 5.75 Å². The van der Waals surface area contributed by atoms with Gasteiger partial charge in [-0.25, -0.2) is 9.18 Å². The van der Waals surface area contributed by atoms with Crippen molar-refractivity contribution in [2.24, 2.45) is 5.10 Å². The van der Waals surface area contributed by atoms with Crippen LogP contribution in [0.25, 0.3) is 10.9 Å². The van der Waals surface area contributed by atoms with Crippen molar-refractivity contribution in [3.05, 3.63) is 107 Å². The molecule has 4 rings (SSSR count). The van der Waals surface area contributed by atoms with E-state index in [1.54, 1.807) is 18.2 Å². The van der Waals surface area contributed by atoms with E-state index >= 15 is 0 Å². The topological polar surface area (TPSA) is 149 Å². The Hall–Kier alpha value is -4.65. The van der Waals surface area contributed by atoms with Gasteiger partial charge >= 0.3 is 11.4 Å². The molecule has 0 spiro atoms. The van der Waals surface area contributed by atoms with Gasteiger partial charge in [-0.3, -0.25) is 19.7 Å². The normalized spacial score (nSPS) is 11.1. The van der Waals surface area contributed by atoms with Crippen LogP contribution in [-0.4, -0.2) is 33.3 Å². The molecule has 2 N–H and O–H groups in total. The number of halogens is 2. The fourth-order valence-corrected chi connectivity index (χ4v) is 3.70. The van der Waals surface area contributed by atoms with E-state index in [4.69, 9.17) is 4.74 Å². The number of fused-ring (bicyclic) bond motifs is 1. The lowest BCUT2D eigenvalue weighted by atomic mass is 10.2. The average molecular weight is 556 g/mol. The summed E-state index contributed by atoms with van der Waals surface area (Å²) in [4.78, 5) is 50.8. The zero-order valence-electron chi connectivity index (χ0n) is 18.1. The molecule has 4 aromatic rings. The smallest absolute Gasteiger partial charge is 0.349 e. The Morgan fingerprint density at radius 2 is 1.92 bits per heavy atom. The molecule has 11 nitrogen and oxygen atoms in total. The number of aromatic nitrogens is 2. The van der Waals surface area contributed by atoms with E-state index in [2.05, 4.69) is 31.3 Å². The molecule has 3 aromatic carbocycles. The number of para-hydroxylation sites is 1. The molecule has 0 aliphatic heterocycles. The summed E-state index contributed by atoms with van der Waals surface area (Å²) >= 11 is 3.17. The predicted octanol–water partition coefficient (Wildman–Crippen LogP) is 3.40. The Labute approximate surface area is 209 Å². The minimum absolute atomic E-state index is 0.0186. The zero-order valence-corrected chi connectivity index (χ0v) is 19.7. The number of nitro groups is 1. The van der Waals surface area contributed by atoms with E-state index in [1.165, 1.54) is 30.3 Å². The van der Waals surface area contributed by atoms with E-state index in [0.29, 0.717) is 20.4 Å². The van der Waals surface area contributed by atoms with Gasteiger partial charge in [-0.15, -0.1) is 4.68 Å². The second-order valence-electron chi connectivity index (χ2n) is 7.28. The maximum absolute atomic E-state index is 13.1. The summed E-state index contributed by atoms with van der Waals surface area (Å²) in [5.41, 5.74) is -1.36. The molecular weight excluding hydrogens is 541 g/mol. The predicted molar refractivity (Wildman–Crippen MR) is 133 cm³/mol. The van der Waals surface area contributed by atoms with Gasteiger partial charge < -0.3 is 15.0 Å². The van der Waals surface area contributed by atoms with Gasteiger partial charge in [0.2, 0.25) is 5.75 Å². The van der Waals surface area contributed by atoms with Crippen LogP contribution in [0.15, 0.2) is 79.8 Å². The number of hydrogen-bond acceptors (Lipinski definition) is 7. The van der Waals surface area contributed by atoms with Crippen LogP contribution in [0, 0.1) is 15.9 Å². The van der Waals surface area contributed by atoms with E-state index in [0.717, 1.165) is 18.3 Å². The van der Waals surface area contributed by atoms with Crippen molar-refractivity contribution in [3.63, 3.8) is 0 Å². The highest BCUT2D eigenvalue weighted by molar-refractivity contribution is 9.10. The lowest BCUT2D eigenvalue weighted by molar-refractivity contribution is -0.385. The first kappa shape index (κ1) is 24.5. The van der Waals surface area contributed by atoms with Crippen molar-refractivity contribution in [3.8, 4) is 5.75 Å². The number of hydrogen-bond donors (Lipinski definition) is 2. The third-order valence-electron chi connectivity index (χ3n) is 4.83. The highest BCUT2D eigenvalue weighted by atomic mass is 79.9. The zero-order chi connectivity index (χ0) is 25.8. The number of nitro benzene ring substituents is 1. The number of carbonyl (C=O) groups excluding carboxylic acids is 1. The van der Waals surface area contributed by atoms with Gasteiger partial charge in [-0.1, -0.05) is 28.1 Å². The molecule has 1 heterocycles. The molecule has 1 aromatic heterocycles. The molecule has 0 unspecified atom stereocenters. The monoisotopic (exact) mass is 555 g/mol. The lowest BCUT2D eigenvalue weighted by Crippen LogP contribution is -2.32. The van der Waals surface area contributed by atoms with Crippen molar-refractivity contribution < 1.29 is 18.8 Å². The first-order valence-electron chi connectivity index (χ1n) is 10.2. The summed E-state index contributed by atoms with van der Waals surface area (Å²) < 4.78 is 19.4. The minimum atomic E-state index is -0.819. The molecule has 0 saturated carbocycles. The van der Waals surface area contributed by atoms with Crippen LogP contribution < -0.4 is 21.3 Å². The van der Waals surface area contributed by atoms with Gasteiger partial charge in [0.1, 0.15) is 5.82 Å². The Bertz CT molecular complexity index is 1630. The van der Waals surface area contributed by atoms with Gasteiger partial charge in [-0.05, 0) is 42.5 Å². The van der Waals surface area contributed by atoms with Crippen LogP contribution >= 0.6 is 15.9 Å². The van der Waals surface area contributed by atoms with Crippen molar-refractivity contribution in [2.45, 2.75) is 0 Å². The van der Waals surface area contributed by atoms with E-state index in [-0.39, 0.29) is 16.7 Å². The number of nitrogens with one attached hydrogen (secondary N) is 2. The molecule has 0 bridgehead atoms. The largest absolute Gasteiger partial charge is 0.476 e. The molecule has 36 heavy (non-hydrogen) atoms. The Morgan fingerprint density at radius 3 is 2.64 bits per heavy atom. The number of ether oxygens (including phenoxy) is 1. The fraction of sp³-hybridized carbons (Fsp3) is 0.0435. The highest BCUT2D eigenvalue weighted by Gasteiger charge is 2.22. The summed E-state index contributed by atoms with van der Waals surface area (Å²) in [7, 11) is 0. The van der Waals surface area contributed by atoms with Gasteiger partial charge in [0.05, 0.1) is 22.0 Å². The molecular formula is C23H15BrFN5O6. The number of amides is 1. The van der Waals surface area contributed by atoms with Gasteiger partial charge in [0, 0.05) is 21.8 Å². The number of H-pyrrole nitrogens is 1. The molecule has 182 valence electrons. The number of anilines is 1. The van der Waals surface area contributed by atoms with Gasteiger partial charge in [0.15, 0.2) is 6.61 Å². The molecule has 0 fully saturated rings. The first-order valence-corrected chi connectivity index (χ1v) is 11.0. The van der Waals surface area contributed by atoms with E-state index < -0.39 is 40.2 Å². The van der Waals surface area contributed by atoms with Gasteiger partial charge in [-0.2, -0.15) is 5.10 Å². The molecule has 0 radical (unpaired) electrons. The van der Waals surface area contributed by atoms with Crippen LogP contribution in [0.4, 0.5) is 15.8 Å². The summed E-state index contributed by atoms with van der Waals surface area (Å²) in [5, 5.41) is 18.2. The third-order valence-corrected chi connectivity index (χ3v) is 5.29. The quantitative estimate of drug-likeness (QED) is 0.203. The number of nitrogens with zero attached hydrogens (tertiary/aromatic N) is 3. The van der Waals surface area contributed by atoms with Crippen LogP contribution in [0.1, 0.15) is 5.56 Å². The standard InChI is InChI=1S/C23H15BrFN5O6/c24-14-9-13(11-26-29-22(32)17-3-1-2-4-18(17)28-23(29)33)21(19(10-14)30(34)35)36-12-20(31)27-16-7-5-15(25)6-8-16/h1-11H,12H2,(H,27,31)(H,28,33). The molecule has 0 aliphatic rings. The maximum atomic E-state index is 13.1. The summed E-state index contributed by atoms with van der Waals surface area (Å²) in [6.45, 7) is -0.628. The number of aromatic amines is 1. The SMILES string of the molecule is O=C(COc1c(C=Nn2c(=O)[nH]c3ccccc3c2=O)cc(Br)cc1[N+](=O)[O-])Nc1ccc(F)cc1. The second kappa shape index (κ2) is 10.3. The van der Waals surface area contributed by atoms with Crippen LogP contribution in [0.3, 0.4) is 0 Å². The average Bonchev–Trinajstić information content (AvgIpc) is 2.84. The Kier molecular flexibility index (Phi) is 7.01. The molecule has 0 saturated heterocycles. The fourth-order valence-electron chi connectivity index (χ4n) is 3.23. The van der Waals surface area contributed by atoms with E-state index in [1.807, 2.05) is 0 Å². The minimum Gasteiger partial charge on any atom is -0.476 e. The molecule has 1 amide bonds. The van der Waals surface area contributed by atoms with Crippen molar-refractivity contribution in [1.29, 1.82) is 0 Å². The second-order valence-corrected chi connectivity index (χ2v) is 8.20. The summed E-state index contributed by atoms with van der Waals surface area (Å²) in [6.07, 6.45) is 1.04. The van der Waals surface area contributed by atoms with Crippen molar-refractivity contribution >= 4 is 50.3 Å². The third kappa shape index (κ3) is 5.36. The summed E-state index contributed by atoms with van der Waals surface area (Å²) in [5.74, 6) is -1.46. The summed E-state index contributed by atoms with van der Waals surface area (Å²) in [6, 6.07) is 13.9. The Morgan fingerprint density at radius 1 is 1.19 bits per heavy atom. The number of benzene rings is 3. The Balaban J connectivity index is 1.67. The van der Waals surface area contributed by atoms with Crippen molar-refractivity contribution in [1.82, 2.24) is 9.66 Å².